The quantitative estimate of drug-likeness (QED) is 0.434. The van der Waals surface area contributed by atoms with E-state index < -0.39 is 0 Å². The van der Waals surface area contributed by atoms with E-state index in [-0.39, 0.29) is 6.04 Å². The fraction of sp³-hybridized carbons (Fsp3) is 0.190. The van der Waals surface area contributed by atoms with Crippen LogP contribution in [0.1, 0.15) is 28.8 Å². The van der Waals surface area contributed by atoms with Gasteiger partial charge in [0.1, 0.15) is 11.2 Å². The maximum Gasteiger partial charge on any atom is 0.319 e. The average Bonchev–Trinajstić information content (AvgIpc) is 3.52. The maximum absolute atomic E-state index is 6.35. The second-order valence-electron chi connectivity index (χ2n) is 7.39. The van der Waals surface area contributed by atoms with Gasteiger partial charge in [-0.25, -0.2) is 9.50 Å². The van der Waals surface area contributed by atoms with Crippen LogP contribution < -0.4 is 4.90 Å². The number of hydrogen-bond donors (Lipinski definition) is 1. The lowest BCUT2D eigenvalue weighted by molar-refractivity contribution is 0.503. The molecule has 1 atom stereocenters. The van der Waals surface area contributed by atoms with Crippen molar-refractivity contribution < 1.29 is 4.42 Å². The number of hydrogen-bond acceptors (Lipinski definition) is 7. The number of H-pyrrole nitrogens is 1. The van der Waals surface area contributed by atoms with Crippen molar-refractivity contribution in [2.45, 2.75) is 19.4 Å². The van der Waals surface area contributed by atoms with E-state index in [9.17, 15) is 0 Å². The lowest BCUT2D eigenvalue weighted by Crippen LogP contribution is -2.36. The number of rotatable bonds is 3. The van der Waals surface area contributed by atoms with Crippen LogP contribution in [0.2, 0.25) is 5.15 Å². The molecule has 0 bridgehead atoms. The minimum absolute atomic E-state index is 0.283. The number of imidazole rings is 1. The summed E-state index contributed by atoms with van der Waals surface area (Å²) < 4.78 is 7.81. The van der Waals surface area contributed by atoms with E-state index in [1.165, 1.54) is 0 Å². The molecular formula is C21H17ClN8O. The summed E-state index contributed by atoms with van der Waals surface area (Å²) in [7, 11) is 0. The first-order chi connectivity index (χ1) is 15.2. The third-order valence-corrected chi connectivity index (χ3v) is 5.85. The summed E-state index contributed by atoms with van der Waals surface area (Å²) in [5.41, 5.74) is 5.32. The predicted molar refractivity (Wildman–Crippen MR) is 114 cm³/mol. The number of fused-ring (bicyclic) bond motifs is 2. The van der Waals surface area contributed by atoms with Crippen molar-refractivity contribution in [3.8, 4) is 11.5 Å². The Hall–Kier alpha value is -3.72. The van der Waals surface area contributed by atoms with Crippen molar-refractivity contribution in [1.82, 2.24) is 34.8 Å². The molecule has 0 saturated carbocycles. The van der Waals surface area contributed by atoms with E-state index in [4.69, 9.17) is 21.1 Å². The van der Waals surface area contributed by atoms with Gasteiger partial charge < -0.3 is 14.3 Å². The standard InChI is InChI=1S/C21H17ClN8O/c1-12-14(5-3-8-23-12)20-26-27-21(31-20)29-9-7-15-18(25-11-24-15)19(29)16-10-13-4-2-6-17(22)30(13)28-16/h2-6,8,10-11,19H,7,9H2,1H3,(H,24,25)/t19-/m0/s1. The molecule has 154 valence electrons. The van der Waals surface area contributed by atoms with Gasteiger partial charge in [0.15, 0.2) is 0 Å². The zero-order valence-corrected chi connectivity index (χ0v) is 17.3. The lowest BCUT2D eigenvalue weighted by atomic mass is 10.0. The highest BCUT2D eigenvalue weighted by atomic mass is 35.5. The van der Waals surface area contributed by atoms with E-state index in [0.717, 1.165) is 40.3 Å². The van der Waals surface area contributed by atoms with Gasteiger partial charge in [-0.15, -0.1) is 5.10 Å². The topological polar surface area (TPSA) is 101 Å². The molecule has 0 aliphatic carbocycles. The molecule has 1 aliphatic rings. The van der Waals surface area contributed by atoms with E-state index in [0.29, 0.717) is 23.6 Å². The van der Waals surface area contributed by atoms with Crippen LogP contribution in [0.5, 0.6) is 0 Å². The molecule has 0 saturated heterocycles. The van der Waals surface area contributed by atoms with Crippen molar-refractivity contribution in [3.63, 3.8) is 0 Å². The molecule has 0 fully saturated rings. The van der Waals surface area contributed by atoms with Gasteiger partial charge in [0, 0.05) is 30.6 Å². The molecule has 9 nitrogen and oxygen atoms in total. The Labute approximate surface area is 181 Å². The van der Waals surface area contributed by atoms with Gasteiger partial charge in [-0.2, -0.15) is 5.10 Å². The van der Waals surface area contributed by atoms with Gasteiger partial charge in [-0.3, -0.25) is 4.98 Å². The maximum atomic E-state index is 6.35. The fourth-order valence-corrected chi connectivity index (χ4v) is 4.28. The third-order valence-electron chi connectivity index (χ3n) is 5.56. The minimum atomic E-state index is -0.283. The Morgan fingerprint density at radius 2 is 2.10 bits per heavy atom. The summed E-state index contributed by atoms with van der Waals surface area (Å²) in [6.45, 7) is 2.59. The highest BCUT2D eigenvalue weighted by Gasteiger charge is 2.36. The number of nitrogens with zero attached hydrogens (tertiary/aromatic N) is 7. The molecule has 6 rings (SSSR count). The van der Waals surface area contributed by atoms with Crippen LogP contribution in [-0.2, 0) is 6.42 Å². The van der Waals surface area contributed by atoms with Crippen molar-refractivity contribution in [2.75, 3.05) is 11.4 Å². The number of anilines is 1. The average molecular weight is 433 g/mol. The summed E-state index contributed by atoms with van der Waals surface area (Å²) in [6.07, 6.45) is 4.23. The fourth-order valence-electron chi connectivity index (χ4n) is 4.07. The SMILES string of the molecule is Cc1ncccc1-c1nnc(N2CCc3[nH]cnc3[C@@H]2c2cc3cccc(Cl)n3n2)o1. The summed E-state index contributed by atoms with van der Waals surface area (Å²) in [4.78, 5) is 14.2. The Kier molecular flexibility index (Phi) is 4.03. The normalized spacial score (nSPS) is 16.1. The van der Waals surface area contributed by atoms with Crippen LogP contribution in [0.4, 0.5) is 6.01 Å². The largest absolute Gasteiger partial charge is 0.403 e. The Morgan fingerprint density at radius 1 is 1.16 bits per heavy atom. The molecule has 1 N–H and O–H groups in total. The lowest BCUT2D eigenvalue weighted by Gasteiger charge is -2.32. The molecule has 5 aromatic heterocycles. The molecule has 0 amide bonds. The van der Waals surface area contributed by atoms with Crippen LogP contribution in [0.25, 0.3) is 17.0 Å². The van der Waals surface area contributed by atoms with Gasteiger partial charge >= 0.3 is 6.01 Å². The third kappa shape index (κ3) is 2.89. The van der Waals surface area contributed by atoms with Crippen LogP contribution >= 0.6 is 11.6 Å². The first kappa shape index (κ1) is 18.1. The molecule has 0 unspecified atom stereocenters. The van der Waals surface area contributed by atoms with Gasteiger partial charge in [0.25, 0.3) is 5.89 Å². The van der Waals surface area contributed by atoms with Gasteiger partial charge in [-0.05, 0) is 37.3 Å². The molecule has 5 aromatic rings. The number of halogens is 1. The summed E-state index contributed by atoms with van der Waals surface area (Å²) in [5, 5.41) is 13.9. The Balaban J connectivity index is 1.46. The number of aromatic amines is 1. The van der Waals surface area contributed by atoms with E-state index >= 15 is 0 Å². The molecule has 0 aromatic carbocycles. The number of aromatic nitrogens is 7. The predicted octanol–water partition coefficient (Wildman–Crippen LogP) is 3.62. The number of pyridine rings is 2. The van der Waals surface area contributed by atoms with Crippen molar-refractivity contribution in [3.05, 3.63) is 76.9 Å². The van der Waals surface area contributed by atoms with Crippen molar-refractivity contribution >= 4 is 23.1 Å². The van der Waals surface area contributed by atoms with Crippen LogP contribution in [0, 0.1) is 6.92 Å². The highest BCUT2D eigenvalue weighted by Crippen LogP contribution is 2.37. The zero-order valence-electron chi connectivity index (χ0n) is 16.5. The summed E-state index contributed by atoms with van der Waals surface area (Å²) in [5.74, 6) is 0.435. The van der Waals surface area contributed by atoms with Crippen LogP contribution in [0.15, 0.2) is 53.3 Å². The number of aryl methyl sites for hydroxylation is 1. The summed E-state index contributed by atoms with van der Waals surface area (Å²) >= 11 is 6.35. The zero-order chi connectivity index (χ0) is 20.9. The van der Waals surface area contributed by atoms with Gasteiger partial charge in [-0.1, -0.05) is 22.8 Å². The molecule has 1 aliphatic heterocycles. The van der Waals surface area contributed by atoms with Gasteiger partial charge in [0.2, 0.25) is 0 Å². The second-order valence-corrected chi connectivity index (χ2v) is 7.78. The van der Waals surface area contributed by atoms with Crippen molar-refractivity contribution in [1.29, 1.82) is 0 Å². The molecule has 0 spiro atoms. The monoisotopic (exact) mass is 432 g/mol. The smallest absolute Gasteiger partial charge is 0.319 e. The van der Waals surface area contributed by atoms with Gasteiger partial charge in [0.05, 0.1) is 28.8 Å². The molecule has 0 radical (unpaired) electrons. The molecule has 31 heavy (non-hydrogen) atoms. The number of nitrogens with one attached hydrogen (secondary N) is 1. The minimum Gasteiger partial charge on any atom is -0.403 e. The van der Waals surface area contributed by atoms with E-state index in [1.54, 1.807) is 17.0 Å². The Morgan fingerprint density at radius 3 is 2.97 bits per heavy atom. The van der Waals surface area contributed by atoms with Crippen LogP contribution in [-0.4, -0.2) is 41.3 Å². The highest BCUT2D eigenvalue weighted by molar-refractivity contribution is 6.29. The van der Waals surface area contributed by atoms with Crippen LogP contribution in [0.3, 0.4) is 0 Å². The van der Waals surface area contributed by atoms with E-state index in [1.807, 2.05) is 48.2 Å². The van der Waals surface area contributed by atoms with Crippen molar-refractivity contribution in [2.24, 2.45) is 0 Å². The Bertz CT molecular complexity index is 1400. The van der Waals surface area contributed by atoms with E-state index in [2.05, 4.69) is 25.1 Å². The molecule has 6 heterocycles. The first-order valence-corrected chi connectivity index (χ1v) is 10.3. The summed E-state index contributed by atoms with van der Waals surface area (Å²) in [6, 6.07) is 11.6. The first-order valence-electron chi connectivity index (χ1n) is 9.87. The molecule has 10 heteroatoms. The second kappa shape index (κ2) is 6.92. The molecular weight excluding hydrogens is 416 g/mol.